The van der Waals surface area contributed by atoms with Crippen molar-refractivity contribution in [2.75, 3.05) is 5.32 Å². The number of aromatic nitrogens is 6. The third-order valence-electron chi connectivity index (χ3n) is 5.73. The molecular formula is C26H21N7O. The van der Waals surface area contributed by atoms with Gasteiger partial charge in [0.15, 0.2) is 0 Å². The van der Waals surface area contributed by atoms with E-state index in [2.05, 4.69) is 35.5 Å². The van der Waals surface area contributed by atoms with Gasteiger partial charge in [-0.1, -0.05) is 30.3 Å². The Morgan fingerprint density at radius 3 is 2.74 bits per heavy atom. The standard InChI is InChI=1S/C26H21N7O/c34-24(9-16-5-2-1-3-6-16)30-19-10-18(13-27-14-19)21-12-20-23(15-29-21)32-33-25(20)22-11-17-7-4-8-28-26(17)31-22/h1-8,10-15,24,30,34H,9H2,(H,28,31)(H,32,33). The predicted octanol–water partition coefficient (Wildman–Crippen LogP) is 4.54. The van der Waals surface area contributed by atoms with Crippen LogP contribution in [0.1, 0.15) is 5.56 Å². The zero-order chi connectivity index (χ0) is 22.9. The van der Waals surface area contributed by atoms with Crippen molar-refractivity contribution in [3.05, 3.63) is 91.0 Å². The second kappa shape index (κ2) is 8.42. The zero-order valence-corrected chi connectivity index (χ0v) is 18.1. The smallest absolute Gasteiger partial charge is 0.137 e. The second-order valence-electron chi connectivity index (χ2n) is 8.12. The Hall–Kier alpha value is -4.56. The lowest BCUT2D eigenvalue weighted by atomic mass is 10.1. The summed E-state index contributed by atoms with van der Waals surface area (Å²) in [5, 5.41) is 23.1. The summed E-state index contributed by atoms with van der Waals surface area (Å²) in [6, 6.07) is 19.8. The summed E-state index contributed by atoms with van der Waals surface area (Å²) < 4.78 is 0. The van der Waals surface area contributed by atoms with E-state index in [1.807, 2.05) is 60.7 Å². The molecule has 0 radical (unpaired) electrons. The molecule has 0 aliphatic carbocycles. The molecule has 0 spiro atoms. The van der Waals surface area contributed by atoms with Crippen molar-refractivity contribution in [2.45, 2.75) is 12.6 Å². The molecule has 0 fully saturated rings. The molecule has 0 bridgehead atoms. The number of anilines is 1. The van der Waals surface area contributed by atoms with Gasteiger partial charge < -0.3 is 15.4 Å². The Morgan fingerprint density at radius 2 is 1.85 bits per heavy atom. The highest BCUT2D eigenvalue weighted by Gasteiger charge is 2.14. The monoisotopic (exact) mass is 447 g/mol. The van der Waals surface area contributed by atoms with Gasteiger partial charge in [0, 0.05) is 35.2 Å². The molecule has 0 saturated heterocycles. The molecule has 4 N–H and O–H groups in total. The highest BCUT2D eigenvalue weighted by Crippen LogP contribution is 2.30. The van der Waals surface area contributed by atoms with E-state index in [1.54, 1.807) is 24.8 Å². The van der Waals surface area contributed by atoms with E-state index >= 15 is 0 Å². The number of hydrogen-bond acceptors (Lipinski definition) is 6. The predicted molar refractivity (Wildman–Crippen MR) is 132 cm³/mol. The fourth-order valence-corrected chi connectivity index (χ4v) is 4.10. The normalized spacial score (nSPS) is 12.3. The first kappa shape index (κ1) is 20.1. The van der Waals surface area contributed by atoms with Crippen LogP contribution in [0.25, 0.3) is 44.6 Å². The Balaban J connectivity index is 1.30. The average Bonchev–Trinajstić information content (AvgIpc) is 3.48. The third kappa shape index (κ3) is 3.87. The molecule has 5 heterocycles. The van der Waals surface area contributed by atoms with Gasteiger partial charge in [-0.15, -0.1) is 0 Å². The number of aromatic amines is 2. The highest BCUT2D eigenvalue weighted by atomic mass is 16.3. The number of nitrogens with zero attached hydrogens (tertiary/aromatic N) is 4. The fourth-order valence-electron chi connectivity index (χ4n) is 4.10. The van der Waals surface area contributed by atoms with Crippen LogP contribution in [0, 0.1) is 0 Å². The third-order valence-corrected chi connectivity index (χ3v) is 5.73. The summed E-state index contributed by atoms with van der Waals surface area (Å²) in [7, 11) is 0. The van der Waals surface area contributed by atoms with E-state index in [0.717, 1.165) is 55.8 Å². The number of aliphatic hydroxyl groups excluding tert-OH is 1. The van der Waals surface area contributed by atoms with Crippen LogP contribution >= 0.6 is 0 Å². The van der Waals surface area contributed by atoms with Crippen molar-refractivity contribution in [3.8, 4) is 22.6 Å². The van der Waals surface area contributed by atoms with Crippen LogP contribution < -0.4 is 5.32 Å². The first-order valence-electron chi connectivity index (χ1n) is 11.0. The van der Waals surface area contributed by atoms with Gasteiger partial charge >= 0.3 is 0 Å². The van der Waals surface area contributed by atoms with Crippen molar-refractivity contribution >= 4 is 27.6 Å². The van der Waals surface area contributed by atoms with Crippen LogP contribution in [0.4, 0.5) is 5.69 Å². The van der Waals surface area contributed by atoms with Gasteiger partial charge in [0.25, 0.3) is 0 Å². The Morgan fingerprint density at radius 1 is 0.941 bits per heavy atom. The lowest BCUT2D eigenvalue weighted by Gasteiger charge is -2.14. The lowest BCUT2D eigenvalue weighted by molar-refractivity contribution is 0.204. The number of benzene rings is 1. The van der Waals surface area contributed by atoms with Gasteiger partial charge in [-0.2, -0.15) is 5.10 Å². The SMILES string of the molecule is OC(Cc1ccccc1)Nc1cncc(-c2cc3c(-c4cc5cccnc5[nH]4)n[nH]c3cn2)c1. The minimum atomic E-state index is -0.731. The molecule has 6 rings (SSSR count). The summed E-state index contributed by atoms with van der Waals surface area (Å²) >= 11 is 0. The molecule has 8 heteroatoms. The van der Waals surface area contributed by atoms with Gasteiger partial charge in [0.1, 0.15) is 17.6 Å². The van der Waals surface area contributed by atoms with Crippen LogP contribution in [0.15, 0.2) is 85.5 Å². The zero-order valence-electron chi connectivity index (χ0n) is 18.1. The Bertz CT molecular complexity index is 1560. The molecule has 1 unspecified atom stereocenters. The molecule has 166 valence electrons. The van der Waals surface area contributed by atoms with Crippen molar-refractivity contribution in [2.24, 2.45) is 0 Å². The minimum absolute atomic E-state index is 0.493. The molecular weight excluding hydrogens is 426 g/mol. The number of pyridine rings is 3. The molecule has 0 amide bonds. The quantitative estimate of drug-likeness (QED) is 0.279. The molecule has 5 aromatic heterocycles. The van der Waals surface area contributed by atoms with Crippen molar-refractivity contribution in [1.29, 1.82) is 0 Å². The Kier molecular flexibility index (Phi) is 4.97. The van der Waals surface area contributed by atoms with Gasteiger partial charge in [0.2, 0.25) is 0 Å². The maximum Gasteiger partial charge on any atom is 0.137 e. The maximum absolute atomic E-state index is 10.5. The van der Waals surface area contributed by atoms with E-state index in [9.17, 15) is 5.11 Å². The fraction of sp³-hybridized carbons (Fsp3) is 0.0769. The molecule has 8 nitrogen and oxygen atoms in total. The summed E-state index contributed by atoms with van der Waals surface area (Å²) in [5.74, 6) is 0. The summed E-state index contributed by atoms with van der Waals surface area (Å²) in [5.41, 5.74) is 6.72. The molecule has 0 saturated carbocycles. The van der Waals surface area contributed by atoms with Gasteiger partial charge in [0.05, 0.1) is 35.0 Å². The average molecular weight is 448 g/mol. The summed E-state index contributed by atoms with van der Waals surface area (Å²) in [4.78, 5) is 16.6. The van der Waals surface area contributed by atoms with Crippen LogP contribution in [0.2, 0.25) is 0 Å². The molecule has 0 aliphatic heterocycles. The number of fused-ring (bicyclic) bond motifs is 2. The second-order valence-corrected chi connectivity index (χ2v) is 8.12. The van der Waals surface area contributed by atoms with Crippen molar-refractivity contribution in [1.82, 2.24) is 30.1 Å². The van der Waals surface area contributed by atoms with Crippen LogP contribution in [-0.2, 0) is 6.42 Å². The molecule has 34 heavy (non-hydrogen) atoms. The lowest BCUT2D eigenvalue weighted by Crippen LogP contribution is -2.21. The largest absolute Gasteiger partial charge is 0.373 e. The highest BCUT2D eigenvalue weighted by molar-refractivity contribution is 5.96. The molecule has 1 atom stereocenters. The molecule has 1 aromatic carbocycles. The van der Waals surface area contributed by atoms with Gasteiger partial charge in [-0.05, 0) is 35.9 Å². The van der Waals surface area contributed by atoms with Crippen LogP contribution in [0.3, 0.4) is 0 Å². The maximum atomic E-state index is 10.5. The first-order chi connectivity index (χ1) is 16.7. The van der Waals surface area contributed by atoms with E-state index in [0.29, 0.717) is 6.42 Å². The number of aliphatic hydroxyl groups is 1. The molecule has 0 aliphatic rings. The van der Waals surface area contributed by atoms with Crippen molar-refractivity contribution < 1.29 is 5.11 Å². The van der Waals surface area contributed by atoms with Crippen LogP contribution in [-0.4, -0.2) is 41.5 Å². The number of nitrogens with one attached hydrogen (secondary N) is 3. The summed E-state index contributed by atoms with van der Waals surface area (Å²) in [6.07, 6.45) is 6.75. The van der Waals surface area contributed by atoms with Crippen molar-refractivity contribution in [3.63, 3.8) is 0 Å². The van der Waals surface area contributed by atoms with Gasteiger partial charge in [-0.25, -0.2) is 4.98 Å². The number of H-pyrrole nitrogens is 2. The van der Waals surface area contributed by atoms with E-state index in [1.165, 1.54) is 0 Å². The minimum Gasteiger partial charge on any atom is -0.373 e. The topological polar surface area (TPSA) is 115 Å². The van der Waals surface area contributed by atoms with E-state index in [-0.39, 0.29) is 0 Å². The molecule has 6 aromatic rings. The number of rotatable bonds is 6. The van der Waals surface area contributed by atoms with Gasteiger partial charge in [-0.3, -0.25) is 15.1 Å². The van der Waals surface area contributed by atoms with Crippen LogP contribution in [0.5, 0.6) is 0 Å². The first-order valence-corrected chi connectivity index (χ1v) is 11.0. The van der Waals surface area contributed by atoms with E-state index < -0.39 is 6.23 Å². The Labute approximate surface area is 194 Å². The number of hydrogen-bond donors (Lipinski definition) is 4. The van der Waals surface area contributed by atoms with E-state index in [4.69, 9.17) is 0 Å². The summed E-state index contributed by atoms with van der Waals surface area (Å²) in [6.45, 7) is 0.